The number of carbonyl (C=O) groups excluding carboxylic acids is 3. The third-order valence-electron chi connectivity index (χ3n) is 5.17. The summed E-state index contributed by atoms with van der Waals surface area (Å²) in [6.45, 7) is 7.03. The zero-order valence-corrected chi connectivity index (χ0v) is 17.5. The number of amides is 2. The summed E-state index contributed by atoms with van der Waals surface area (Å²) in [6.07, 6.45) is 0. The summed E-state index contributed by atoms with van der Waals surface area (Å²) in [5.41, 5.74) is 2.59. The van der Waals surface area contributed by atoms with Gasteiger partial charge in [-0.1, -0.05) is 18.2 Å². The van der Waals surface area contributed by atoms with Crippen LogP contribution in [-0.4, -0.2) is 60.4 Å². The molecule has 0 atom stereocenters. The summed E-state index contributed by atoms with van der Waals surface area (Å²) in [5, 5.41) is 0. The minimum atomic E-state index is -0.435. The summed E-state index contributed by atoms with van der Waals surface area (Å²) in [4.78, 5) is 39.8. The van der Waals surface area contributed by atoms with Crippen LogP contribution in [0.15, 0.2) is 42.5 Å². The van der Waals surface area contributed by atoms with E-state index in [9.17, 15) is 14.4 Å². The van der Waals surface area contributed by atoms with Gasteiger partial charge >= 0.3 is 5.97 Å². The molecule has 30 heavy (non-hydrogen) atoms. The summed E-state index contributed by atoms with van der Waals surface area (Å²) < 4.78 is 10.8. The van der Waals surface area contributed by atoms with Crippen molar-refractivity contribution in [1.29, 1.82) is 0 Å². The molecular weight excluding hydrogens is 384 g/mol. The number of nitrogens with zero attached hydrogens (tertiary/aromatic N) is 2. The van der Waals surface area contributed by atoms with Crippen LogP contribution >= 0.6 is 0 Å². The zero-order chi connectivity index (χ0) is 21.7. The van der Waals surface area contributed by atoms with E-state index in [2.05, 4.69) is 0 Å². The normalized spacial score (nSPS) is 13.7. The van der Waals surface area contributed by atoms with Crippen molar-refractivity contribution < 1.29 is 23.9 Å². The van der Waals surface area contributed by atoms with Crippen LogP contribution in [0.25, 0.3) is 0 Å². The van der Waals surface area contributed by atoms with Crippen LogP contribution in [0.4, 0.5) is 0 Å². The molecule has 3 rings (SSSR count). The van der Waals surface area contributed by atoms with Crippen molar-refractivity contribution in [3.05, 3.63) is 59.2 Å². The molecule has 1 aliphatic rings. The molecule has 158 valence electrons. The van der Waals surface area contributed by atoms with Gasteiger partial charge in [0.1, 0.15) is 11.5 Å². The number of piperazine rings is 1. The fourth-order valence-electron chi connectivity index (χ4n) is 3.31. The quantitative estimate of drug-likeness (QED) is 0.559. The summed E-state index contributed by atoms with van der Waals surface area (Å²) in [5.74, 6) is 0.368. The van der Waals surface area contributed by atoms with Crippen LogP contribution in [0.3, 0.4) is 0 Å². The first kappa shape index (κ1) is 21.4. The first-order chi connectivity index (χ1) is 14.3. The topological polar surface area (TPSA) is 76.2 Å². The van der Waals surface area contributed by atoms with E-state index in [-0.39, 0.29) is 18.4 Å². The van der Waals surface area contributed by atoms with Crippen LogP contribution in [0.5, 0.6) is 11.5 Å². The van der Waals surface area contributed by atoms with Gasteiger partial charge in [0.15, 0.2) is 6.61 Å². The van der Waals surface area contributed by atoms with Gasteiger partial charge in [-0.3, -0.25) is 14.4 Å². The maximum atomic E-state index is 12.8. The molecule has 0 saturated carbocycles. The van der Waals surface area contributed by atoms with E-state index in [1.165, 1.54) is 6.92 Å². The maximum absolute atomic E-state index is 12.8. The van der Waals surface area contributed by atoms with Gasteiger partial charge in [0, 0.05) is 38.7 Å². The Balaban J connectivity index is 1.52. The molecule has 1 saturated heterocycles. The number of benzene rings is 2. The highest BCUT2D eigenvalue weighted by Crippen LogP contribution is 2.21. The molecule has 0 spiro atoms. The maximum Gasteiger partial charge on any atom is 0.308 e. The SMILES string of the molecule is CC(=O)Oc1cccc(C(=O)N2CCN(C(=O)COc3cccc(C)c3C)CC2)c1. The Bertz CT molecular complexity index is 948. The van der Waals surface area contributed by atoms with Crippen LogP contribution in [0, 0.1) is 13.8 Å². The van der Waals surface area contributed by atoms with Gasteiger partial charge in [-0.25, -0.2) is 0 Å². The lowest BCUT2D eigenvalue weighted by atomic mass is 10.1. The largest absolute Gasteiger partial charge is 0.483 e. The minimum absolute atomic E-state index is 0.0251. The molecule has 0 unspecified atom stereocenters. The van der Waals surface area contributed by atoms with Crippen molar-refractivity contribution in [2.75, 3.05) is 32.8 Å². The van der Waals surface area contributed by atoms with Gasteiger partial charge in [-0.2, -0.15) is 0 Å². The van der Waals surface area contributed by atoms with Crippen LogP contribution in [-0.2, 0) is 9.59 Å². The predicted octanol–water partition coefficient (Wildman–Crippen LogP) is 2.59. The molecule has 1 heterocycles. The van der Waals surface area contributed by atoms with Crippen molar-refractivity contribution in [3.63, 3.8) is 0 Å². The molecule has 1 aliphatic heterocycles. The minimum Gasteiger partial charge on any atom is -0.483 e. The van der Waals surface area contributed by atoms with E-state index in [0.717, 1.165) is 11.1 Å². The van der Waals surface area contributed by atoms with Gasteiger partial charge in [0.25, 0.3) is 11.8 Å². The van der Waals surface area contributed by atoms with E-state index >= 15 is 0 Å². The molecule has 2 amide bonds. The smallest absolute Gasteiger partial charge is 0.308 e. The van der Waals surface area contributed by atoms with Gasteiger partial charge < -0.3 is 19.3 Å². The third-order valence-corrected chi connectivity index (χ3v) is 5.17. The van der Waals surface area contributed by atoms with Crippen LogP contribution in [0.1, 0.15) is 28.4 Å². The van der Waals surface area contributed by atoms with Gasteiger partial charge in [-0.05, 0) is 49.2 Å². The highest BCUT2D eigenvalue weighted by molar-refractivity contribution is 5.95. The third kappa shape index (κ3) is 5.17. The molecule has 2 aromatic carbocycles. The Labute approximate surface area is 176 Å². The van der Waals surface area contributed by atoms with Crippen molar-refractivity contribution in [2.45, 2.75) is 20.8 Å². The Hall–Kier alpha value is -3.35. The van der Waals surface area contributed by atoms with E-state index in [0.29, 0.717) is 43.2 Å². The lowest BCUT2D eigenvalue weighted by Crippen LogP contribution is -2.51. The number of aryl methyl sites for hydroxylation is 1. The van der Waals surface area contributed by atoms with E-state index in [4.69, 9.17) is 9.47 Å². The number of rotatable bonds is 5. The number of hydrogen-bond donors (Lipinski definition) is 0. The second kappa shape index (κ2) is 9.43. The van der Waals surface area contributed by atoms with Crippen LogP contribution in [0.2, 0.25) is 0 Å². The van der Waals surface area contributed by atoms with E-state index < -0.39 is 5.97 Å². The van der Waals surface area contributed by atoms with Crippen molar-refractivity contribution in [2.24, 2.45) is 0 Å². The Kier molecular flexibility index (Phi) is 6.72. The van der Waals surface area contributed by atoms with Crippen molar-refractivity contribution in [3.8, 4) is 11.5 Å². The Morgan fingerprint density at radius 2 is 1.60 bits per heavy atom. The standard InChI is InChI=1S/C23H26N2O5/c1-16-6-4-9-21(17(16)2)29-15-22(27)24-10-12-25(13-11-24)23(28)19-7-5-8-20(14-19)30-18(3)26/h4-9,14H,10-13,15H2,1-3H3. The van der Waals surface area contributed by atoms with Crippen LogP contribution < -0.4 is 9.47 Å². The molecule has 7 heteroatoms. The molecule has 2 aromatic rings. The summed E-state index contributed by atoms with van der Waals surface area (Å²) in [6, 6.07) is 12.3. The molecule has 0 N–H and O–H groups in total. The second-order valence-electron chi connectivity index (χ2n) is 7.28. The molecule has 1 fully saturated rings. The molecule has 7 nitrogen and oxygen atoms in total. The molecule has 0 bridgehead atoms. The van der Waals surface area contributed by atoms with Gasteiger partial charge in [-0.15, -0.1) is 0 Å². The summed E-state index contributed by atoms with van der Waals surface area (Å²) in [7, 11) is 0. The number of ether oxygens (including phenoxy) is 2. The first-order valence-electron chi connectivity index (χ1n) is 9.89. The highest BCUT2D eigenvalue weighted by Gasteiger charge is 2.25. The van der Waals surface area contributed by atoms with Crippen molar-refractivity contribution in [1.82, 2.24) is 9.80 Å². The van der Waals surface area contributed by atoms with Gasteiger partial charge in [0.05, 0.1) is 0 Å². The highest BCUT2D eigenvalue weighted by atomic mass is 16.5. The number of carbonyl (C=O) groups is 3. The molecule has 0 aliphatic carbocycles. The fraction of sp³-hybridized carbons (Fsp3) is 0.348. The number of esters is 1. The van der Waals surface area contributed by atoms with Crippen molar-refractivity contribution >= 4 is 17.8 Å². The average molecular weight is 410 g/mol. The lowest BCUT2D eigenvalue weighted by molar-refractivity contribution is -0.135. The average Bonchev–Trinajstić information content (AvgIpc) is 2.74. The molecule has 0 radical (unpaired) electrons. The number of hydrogen-bond acceptors (Lipinski definition) is 5. The zero-order valence-electron chi connectivity index (χ0n) is 17.5. The monoisotopic (exact) mass is 410 g/mol. The van der Waals surface area contributed by atoms with E-state index in [1.54, 1.807) is 34.1 Å². The molecule has 0 aromatic heterocycles. The second-order valence-corrected chi connectivity index (χ2v) is 7.28. The predicted molar refractivity (Wildman–Crippen MR) is 112 cm³/mol. The summed E-state index contributed by atoms with van der Waals surface area (Å²) >= 11 is 0. The Morgan fingerprint density at radius 3 is 2.30 bits per heavy atom. The van der Waals surface area contributed by atoms with Gasteiger partial charge in [0.2, 0.25) is 0 Å². The fourth-order valence-corrected chi connectivity index (χ4v) is 3.31. The Morgan fingerprint density at radius 1 is 0.933 bits per heavy atom. The molecular formula is C23H26N2O5. The lowest BCUT2D eigenvalue weighted by Gasteiger charge is -2.34. The van der Waals surface area contributed by atoms with E-state index in [1.807, 2.05) is 32.0 Å². The first-order valence-corrected chi connectivity index (χ1v) is 9.89.